The Bertz CT molecular complexity index is 1060. The zero-order chi connectivity index (χ0) is 21.8. The average molecular weight is 422 g/mol. The van der Waals surface area contributed by atoms with Crippen molar-refractivity contribution in [3.63, 3.8) is 0 Å². The predicted octanol–water partition coefficient (Wildman–Crippen LogP) is 1.35. The van der Waals surface area contributed by atoms with Crippen LogP contribution in [0, 0.1) is 0 Å². The third kappa shape index (κ3) is 4.33. The number of fused-ring (bicyclic) bond motifs is 1. The molecule has 2 aromatic heterocycles. The van der Waals surface area contributed by atoms with Crippen LogP contribution in [-0.2, 0) is 6.42 Å². The van der Waals surface area contributed by atoms with Gasteiger partial charge in [-0.15, -0.1) is 5.10 Å². The molecule has 1 aliphatic rings. The van der Waals surface area contributed by atoms with E-state index in [1.54, 1.807) is 15.8 Å². The van der Waals surface area contributed by atoms with E-state index in [0.717, 1.165) is 30.0 Å². The summed E-state index contributed by atoms with van der Waals surface area (Å²) in [7, 11) is 3.85. The van der Waals surface area contributed by atoms with E-state index in [-0.39, 0.29) is 5.91 Å². The third-order valence-electron chi connectivity index (χ3n) is 5.18. The normalized spacial score (nSPS) is 13.8. The van der Waals surface area contributed by atoms with Crippen molar-refractivity contribution in [2.45, 2.75) is 13.3 Å². The zero-order valence-electron chi connectivity index (χ0n) is 18.0. The summed E-state index contributed by atoms with van der Waals surface area (Å²) in [5.41, 5.74) is 3.05. The first-order chi connectivity index (χ1) is 15.1. The van der Waals surface area contributed by atoms with Crippen LogP contribution in [0.25, 0.3) is 5.69 Å². The van der Waals surface area contributed by atoms with Crippen LogP contribution in [0.1, 0.15) is 23.0 Å². The molecule has 3 aromatic rings. The monoisotopic (exact) mass is 421 g/mol. The fourth-order valence-electron chi connectivity index (χ4n) is 3.50. The van der Waals surface area contributed by atoms with Gasteiger partial charge >= 0.3 is 0 Å². The standard InChI is InChI=1S/C21H27N9O/c1-4-23-21-24-13-18-19(25-21)28(3)10-11-29(20(18)31)16-6-5-7-17(12-16)30-14-15(26-27-30)8-9-22-2/h5-7,12-14,22H,4,8-11H2,1-3H3,(H,23,24,25). The van der Waals surface area contributed by atoms with Gasteiger partial charge in [0.2, 0.25) is 5.95 Å². The molecule has 0 saturated carbocycles. The maximum Gasteiger partial charge on any atom is 0.263 e. The first kappa shape index (κ1) is 20.7. The number of likely N-dealkylation sites (N-methyl/N-ethyl adjacent to an activating group) is 2. The smallest absolute Gasteiger partial charge is 0.263 e. The maximum absolute atomic E-state index is 13.4. The Balaban J connectivity index is 1.63. The number of hydrogen-bond donors (Lipinski definition) is 2. The second kappa shape index (κ2) is 9.09. The summed E-state index contributed by atoms with van der Waals surface area (Å²) in [6, 6.07) is 7.76. The molecule has 0 spiro atoms. The van der Waals surface area contributed by atoms with Crippen LogP contribution in [0.3, 0.4) is 0 Å². The van der Waals surface area contributed by atoms with Crippen molar-refractivity contribution in [3.05, 3.63) is 47.9 Å². The van der Waals surface area contributed by atoms with E-state index in [9.17, 15) is 4.79 Å². The minimum absolute atomic E-state index is 0.118. The van der Waals surface area contributed by atoms with Gasteiger partial charge in [-0.1, -0.05) is 11.3 Å². The Hall–Kier alpha value is -3.53. The Morgan fingerprint density at radius 2 is 2.03 bits per heavy atom. The fourth-order valence-corrected chi connectivity index (χ4v) is 3.50. The van der Waals surface area contributed by atoms with Crippen LogP contribution in [0.2, 0.25) is 0 Å². The molecule has 0 saturated heterocycles. The summed E-state index contributed by atoms with van der Waals surface area (Å²) in [5.74, 6) is 1.05. The van der Waals surface area contributed by atoms with E-state index in [4.69, 9.17) is 0 Å². The van der Waals surface area contributed by atoms with Crippen molar-refractivity contribution < 1.29 is 4.79 Å². The van der Waals surface area contributed by atoms with Crippen molar-refractivity contribution in [2.24, 2.45) is 0 Å². The Kier molecular flexibility index (Phi) is 6.08. The van der Waals surface area contributed by atoms with Crippen molar-refractivity contribution in [2.75, 3.05) is 55.4 Å². The molecule has 1 aromatic carbocycles. The second-order valence-electron chi connectivity index (χ2n) is 7.37. The van der Waals surface area contributed by atoms with E-state index < -0.39 is 0 Å². The Labute approximate surface area is 181 Å². The average Bonchev–Trinajstić information content (AvgIpc) is 3.22. The molecule has 0 aliphatic carbocycles. The minimum Gasteiger partial charge on any atom is -0.357 e. The topological polar surface area (TPSA) is 104 Å². The first-order valence-corrected chi connectivity index (χ1v) is 10.4. The number of benzene rings is 1. The lowest BCUT2D eigenvalue weighted by Crippen LogP contribution is -2.33. The summed E-state index contributed by atoms with van der Waals surface area (Å²) in [6.07, 6.45) is 4.32. The van der Waals surface area contributed by atoms with Crippen molar-refractivity contribution in [1.29, 1.82) is 0 Å². The van der Waals surface area contributed by atoms with Crippen molar-refractivity contribution in [3.8, 4) is 5.69 Å². The number of nitrogens with zero attached hydrogens (tertiary/aromatic N) is 7. The van der Waals surface area contributed by atoms with Crippen molar-refractivity contribution >= 4 is 23.4 Å². The SMILES string of the molecule is CCNc1ncc2c(n1)N(C)CCN(c1cccc(-n3cc(CCNC)nn3)c1)C2=O. The van der Waals surface area contributed by atoms with Crippen LogP contribution in [0.15, 0.2) is 36.7 Å². The molecule has 0 radical (unpaired) electrons. The Morgan fingerprint density at radius 1 is 1.19 bits per heavy atom. The molecule has 0 bridgehead atoms. The number of carbonyl (C=O) groups is 1. The molecule has 10 nitrogen and oxygen atoms in total. The van der Waals surface area contributed by atoms with Gasteiger partial charge in [0, 0.05) is 51.5 Å². The largest absolute Gasteiger partial charge is 0.357 e. The summed E-state index contributed by atoms with van der Waals surface area (Å²) in [5, 5.41) is 14.7. The molecule has 0 unspecified atom stereocenters. The van der Waals surface area contributed by atoms with E-state index in [2.05, 4.69) is 30.9 Å². The molecule has 162 valence electrons. The van der Waals surface area contributed by atoms with Crippen LogP contribution in [0.5, 0.6) is 0 Å². The summed E-state index contributed by atoms with van der Waals surface area (Å²) in [4.78, 5) is 26.0. The molecule has 0 atom stereocenters. The highest BCUT2D eigenvalue weighted by atomic mass is 16.2. The molecule has 1 aliphatic heterocycles. The number of amides is 1. The molecule has 10 heteroatoms. The number of aromatic nitrogens is 5. The lowest BCUT2D eigenvalue weighted by Gasteiger charge is -2.21. The Morgan fingerprint density at radius 3 is 2.84 bits per heavy atom. The molecular formula is C21H27N9O. The minimum atomic E-state index is -0.118. The molecule has 0 fully saturated rings. The molecule has 3 heterocycles. The maximum atomic E-state index is 13.4. The summed E-state index contributed by atoms with van der Waals surface area (Å²) >= 11 is 0. The number of carbonyl (C=O) groups excluding carboxylic acids is 1. The molecule has 2 N–H and O–H groups in total. The molecule has 1 amide bonds. The lowest BCUT2D eigenvalue weighted by molar-refractivity contribution is 0.0989. The van der Waals surface area contributed by atoms with Crippen LogP contribution >= 0.6 is 0 Å². The predicted molar refractivity (Wildman–Crippen MR) is 120 cm³/mol. The van der Waals surface area contributed by atoms with Gasteiger partial charge in [0.25, 0.3) is 5.91 Å². The third-order valence-corrected chi connectivity index (χ3v) is 5.18. The van der Waals surface area contributed by atoms with Gasteiger partial charge in [0.05, 0.1) is 17.6 Å². The highest BCUT2D eigenvalue weighted by Gasteiger charge is 2.28. The quantitative estimate of drug-likeness (QED) is 0.589. The number of nitrogens with one attached hydrogen (secondary N) is 2. The highest BCUT2D eigenvalue weighted by molar-refractivity contribution is 6.09. The molecule has 4 rings (SSSR count). The first-order valence-electron chi connectivity index (χ1n) is 10.4. The molecule has 31 heavy (non-hydrogen) atoms. The highest BCUT2D eigenvalue weighted by Crippen LogP contribution is 2.27. The van der Waals surface area contributed by atoms with Gasteiger partial charge in [-0.05, 0) is 32.2 Å². The van der Waals surface area contributed by atoms with Gasteiger partial charge in [-0.2, -0.15) is 4.98 Å². The lowest BCUT2D eigenvalue weighted by atomic mass is 10.2. The van der Waals surface area contributed by atoms with Crippen LogP contribution in [-0.4, -0.2) is 71.1 Å². The van der Waals surface area contributed by atoms with Gasteiger partial charge in [-0.3, -0.25) is 4.79 Å². The van der Waals surface area contributed by atoms with E-state index in [1.807, 2.05) is 56.4 Å². The molecular weight excluding hydrogens is 394 g/mol. The van der Waals surface area contributed by atoms with Gasteiger partial charge in [0.15, 0.2) is 0 Å². The van der Waals surface area contributed by atoms with Crippen LogP contribution < -0.4 is 20.4 Å². The van der Waals surface area contributed by atoms with E-state index >= 15 is 0 Å². The van der Waals surface area contributed by atoms with Gasteiger partial charge in [0.1, 0.15) is 11.4 Å². The van der Waals surface area contributed by atoms with Crippen LogP contribution in [0.4, 0.5) is 17.5 Å². The number of rotatable bonds is 7. The summed E-state index contributed by atoms with van der Waals surface area (Å²) in [6.45, 7) is 4.73. The van der Waals surface area contributed by atoms with Crippen molar-refractivity contribution in [1.82, 2.24) is 30.3 Å². The van der Waals surface area contributed by atoms with E-state index in [0.29, 0.717) is 37.0 Å². The van der Waals surface area contributed by atoms with E-state index in [1.165, 1.54) is 0 Å². The van der Waals surface area contributed by atoms with Gasteiger partial charge in [-0.25, -0.2) is 9.67 Å². The zero-order valence-corrected chi connectivity index (χ0v) is 18.0. The fraction of sp³-hybridized carbons (Fsp3) is 0.381. The van der Waals surface area contributed by atoms with Gasteiger partial charge < -0.3 is 20.4 Å². The second-order valence-corrected chi connectivity index (χ2v) is 7.37. The number of hydrogen-bond acceptors (Lipinski definition) is 8. The summed E-state index contributed by atoms with van der Waals surface area (Å²) < 4.78 is 1.74. The number of anilines is 3.